The summed E-state index contributed by atoms with van der Waals surface area (Å²) in [6.45, 7) is 23.5. The Morgan fingerprint density at radius 2 is 1.03 bits per heavy atom. The van der Waals surface area contributed by atoms with Gasteiger partial charge in [-0.2, -0.15) is 11.1 Å². The summed E-state index contributed by atoms with van der Waals surface area (Å²) in [6, 6.07) is 0. The van der Waals surface area contributed by atoms with Crippen LogP contribution in [0.15, 0.2) is 33.7 Å². The maximum atomic E-state index is 3.52. The standard InChI is InChI=1S/2C11H19Si.C2H6Si.2ClH.Hf/c2*1-5-6-10-7-8-11(9-10)12(2,3)4;1-3-2;;;/h2*9H,5-7H2,1-4H3;1-2H3;2*1H;/q2*-1;;;;+2/p-2. The van der Waals surface area contributed by atoms with Crippen LogP contribution in [0.4, 0.5) is 0 Å². The van der Waals surface area contributed by atoms with Crippen molar-refractivity contribution in [1.29, 1.82) is 0 Å². The van der Waals surface area contributed by atoms with Crippen LogP contribution < -0.4 is 24.8 Å². The van der Waals surface area contributed by atoms with Gasteiger partial charge in [0.2, 0.25) is 0 Å². The molecule has 0 aromatic heterocycles. The molecule has 2 aliphatic carbocycles. The molecule has 6 heteroatoms. The largest absolute Gasteiger partial charge is 1.00 e. The van der Waals surface area contributed by atoms with Crippen molar-refractivity contribution >= 4 is 21.6 Å². The topological polar surface area (TPSA) is 0 Å². The molecule has 2 aliphatic rings. The van der Waals surface area contributed by atoms with E-state index in [2.05, 4.69) is 90.5 Å². The number of hydrogen-bond donors (Lipinski definition) is 0. The first-order chi connectivity index (χ1) is 12.8. The molecular formula is C24H44Cl2HfSi3-2. The zero-order valence-electron chi connectivity index (χ0n) is 21.2. The predicted molar refractivity (Wildman–Crippen MR) is 133 cm³/mol. The van der Waals surface area contributed by atoms with Gasteiger partial charge in [0.05, 0.1) is 0 Å². The number of halogens is 2. The maximum absolute atomic E-state index is 3.52. The van der Waals surface area contributed by atoms with Crippen LogP contribution in [0.3, 0.4) is 0 Å². The monoisotopic (exact) mass is 666 g/mol. The Labute approximate surface area is 218 Å². The summed E-state index contributed by atoms with van der Waals surface area (Å²) in [7, 11) is -2.13. The van der Waals surface area contributed by atoms with Crippen LogP contribution in [0.2, 0.25) is 52.4 Å². The fraction of sp³-hybridized carbons (Fsp3) is 0.667. The van der Waals surface area contributed by atoms with Crippen LogP contribution >= 0.6 is 0 Å². The quantitative estimate of drug-likeness (QED) is 0.302. The van der Waals surface area contributed by atoms with E-state index in [1.165, 1.54) is 59.1 Å². The van der Waals surface area contributed by atoms with Gasteiger partial charge >= 0.3 is 41.6 Å². The average molecular weight is 666 g/mol. The van der Waals surface area contributed by atoms with Crippen molar-refractivity contribution in [1.82, 2.24) is 0 Å². The summed E-state index contributed by atoms with van der Waals surface area (Å²) < 4.78 is 0. The van der Waals surface area contributed by atoms with Crippen LogP contribution in [0, 0.1) is 12.2 Å². The zero-order chi connectivity index (χ0) is 22.0. The summed E-state index contributed by atoms with van der Waals surface area (Å²) in [5.74, 6) is 0. The Kier molecular flexibility index (Phi) is 20.8. The molecule has 0 heterocycles. The minimum Gasteiger partial charge on any atom is -1.00 e. The molecule has 0 aromatic rings. The van der Waals surface area contributed by atoms with E-state index < -0.39 is 16.1 Å². The van der Waals surface area contributed by atoms with Crippen LogP contribution in [0.1, 0.15) is 52.4 Å². The Balaban J connectivity index is -0.000000391. The Bertz CT molecular complexity index is 580. The van der Waals surface area contributed by atoms with E-state index in [1.807, 2.05) is 0 Å². The summed E-state index contributed by atoms with van der Waals surface area (Å²) in [6.07, 6.45) is 19.1. The van der Waals surface area contributed by atoms with Crippen LogP contribution in [-0.2, 0) is 23.0 Å². The van der Waals surface area contributed by atoms with Gasteiger partial charge in [0.1, 0.15) is 0 Å². The summed E-state index contributed by atoms with van der Waals surface area (Å²) >= 11 is 1.45. The molecule has 0 N–H and O–H groups in total. The van der Waals surface area contributed by atoms with E-state index in [0.717, 1.165) is 12.8 Å². The molecule has 172 valence electrons. The van der Waals surface area contributed by atoms with Crippen molar-refractivity contribution in [2.45, 2.75) is 105 Å². The number of rotatable bonds is 6. The van der Waals surface area contributed by atoms with Gasteiger partial charge < -0.3 is 24.8 Å². The van der Waals surface area contributed by atoms with Gasteiger partial charge in [-0.3, -0.25) is 12.2 Å². The van der Waals surface area contributed by atoms with Gasteiger partial charge in [-0.1, -0.05) is 66.0 Å². The smallest absolute Gasteiger partial charge is 1.00 e. The molecule has 0 amide bonds. The SMILES string of the molecule is CCCC1=CC([Si](C)(C)C)=[C-]C1.CCCC1=CC([Si](C)(C)C)=[C-]C1.C[Si](C)=[Hf+2].[Cl-].[Cl-]. The Hall–Kier alpha value is 1.06. The normalized spacial score (nSPS) is 15.1. The average Bonchev–Trinajstić information content (AvgIpc) is 3.16. The molecule has 0 unspecified atom stereocenters. The van der Waals surface area contributed by atoms with Gasteiger partial charge in [0.15, 0.2) is 0 Å². The van der Waals surface area contributed by atoms with E-state index in [9.17, 15) is 0 Å². The zero-order valence-corrected chi connectivity index (χ0v) is 29.3. The van der Waals surface area contributed by atoms with Gasteiger partial charge in [0, 0.05) is 16.1 Å². The van der Waals surface area contributed by atoms with Crippen LogP contribution in [-0.4, -0.2) is 21.6 Å². The number of allylic oxidation sites excluding steroid dienone is 8. The minimum absolute atomic E-state index is 0. The van der Waals surface area contributed by atoms with Gasteiger partial charge in [0.25, 0.3) is 0 Å². The first-order valence-electron chi connectivity index (χ1n) is 10.9. The van der Waals surface area contributed by atoms with Gasteiger partial charge in [-0.25, -0.2) is 22.5 Å². The molecule has 0 aliphatic heterocycles. The van der Waals surface area contributed by atoms with Gasteiger partial charge in [-0.15, -0.1) is 12.8 Å². The molecule has 0 radical (unpaired) electrons. The second-order valence-corrected chi connectivity index (χ2v) is 33.0. The van der Waals surface area contributed by atoms with Crippen LogP contribution in [0.5, 0.6) is 0 Å². The van der Waals surface area contributed by atoms with E-state index in [4.69, 9.17) is 0 Å². The van der Waals surface area contributed by atoms with Crippen LogP contribution in [0.25, 0.3) is 0 Å². The summed E-state index contributed by atoms with van der Waals surface area (Å²) in [5.41, 5.74) is 3.44. The molecule has 0 bridgehead atoms. The molecule has 2 rings (SSSR count). The van der Waals surface area contributed by atoms with Crippen molar-refractivity contribution in [2.75, 3.05) is 0 Å². The summed E-state index contributed by atoms with van der Waals surface area (Å²) in [5, 5.41) is 3.07. The fourth-order valence-corrected chi connectivity index (χ4v) is 5.47. The van der Waals surface area contributed by atoms with Crippen molar-refractivity contribution in [2.24, 2.45) is 0 Å². The molecule has 30 heavy (non-hydrogen) atoms. The minimum atomic E-state index is -1.07. The first-order valence-corrected chi connectivity index (χ1v) is 25.8. The van der Waals surface area contributed by atoms with Crippen molar-refractivity contribution in [3.05, 3.63) is 45.8 Å². The molecule has 0 fully saturated rings. The molecule has 0 saturated heterocycles. The van der Waals surface area contributed by atoms with E-state index in [0.29, 0.717) is 0 Å². The van der Waals surface area contributed by atoms with Crippen molar-refractivity contribution in [3.63, 3.8) is 0 Å². The maximum Gasteiger partial charge on any atom is -1.00 e. The van der Waals surface area contributed by atoms with E-state index in [1.54, 1.807) is 11.1 Å². The second kappa shape index (κ2) is 17.5. The summed E-state index contributed by atoms with van der Waals surface area (Å²) in [4.78, 5) is 0. The molecule has 0 atom stereocenters. The molecule has 0 aromatic carbocycles. The predicted octanol–water partition coefficient (Wildman–Crippen LogP) is 2.24. The third kappa shape index (κ3) is 16.7. The third-order valence-electron chi connectivity index (χ3n) is 4.47. The number of hydrogen-bond acceptors (Lipinski definition) is 0. The molecule has 0 saturated carbocycles. The molecular weight excluding hydrogens is 622 g/mol. The first kappa shape index (κ1) is 35.6. The van der Waals surface area contributed by atoms with Crippen molar-refractivity contribution < 1.29 is 47.8 Å². The molecule has 0 nitrogen and oxygen atoms in total. The Morgan fingerprint density at radius 1 is 0.767 bits per heavy atom. The van der Waals surface area contributed by atoms with E-state index in [-0.39, 0.29) is 30.3 Å². The van der Waals surface area contributed by atoms with Gasteiger partial charge in [-0.05, 0) is 12.8 Å². The van der Waals surface area contributed by atoms with Crippen molar-refractivity contribution in [3.8, 4) is 0 Å². The molecule has 0 spiro atoms. The second-order valence-electron chi connectivity index (χ2n) is 10.1. The third-order valence-corrected chi connectivity index (χ3v) is 8.34. The van der Waals surface area contributed by atoms with E-state index >= 15 is 0 Å². The fourth-order valence-electron chi connectivity index (χ4n) is 2.96. The Morgan fingerprint density at radius 3 is 1.20 bits per heavy atom.